The molecule has 0 bridgehead atoms. The second-order valence-electron chi connectivity index (χ2n) is 7.04. The number of amides is 1. The van der Waals surface area contributed by atoms with Crippen molar-refractivity contribution in [1.29, 1.82) is 0 Å². The van der Waals surface area contributed by atoms with Gasteiger partial charge < -0.3 is 15.2 Å². The number of aliphatic hydroxyl groups is 1. The van der Waals surface area contributed by atoms with Gasteiger partial charge >= 0.3 is 6.18 Å². The number of aromatic nitrogens is 4. The van der Waals surface area contributed by atoms with Gasteiger partial charge in [-0.1, -0.05) is 11.6 Å². The Kier molecular flexibility index (Phi) is 6.89. The Morgan fingerprint density at radius 1 is 1.33 bits per heavy atom. The highest BCUT2D eigenvalue weighted by Gasteiger charge is 2.39. The molecular formula is C20H18ClF4N5O3. The first-order valence-electron chi connectivity index (χ1n) is 9.44. The molecule has 1 atom stereocenters. The average Bonchev–Trinajstić information content (AvgIpc) is 3.06. The summed E-state index contributed by atoms with van der Waals surface area (Å²) in [5, 5.41) is 17.9. The van der Waals surface area contributed by atoms with Crippen LogP contribution in [-0.4, -0.2) is 43.5 Å². The van der Waals surface area contributed by atoms with Gasteiger partial charge in [0, 0.05) is 5.56 Å². The van der Waals surface area contributed by atoms with E-state index in [1.165, 1.54) is 6.20 Å². The van der Waals surface area contributed by atoms with Crippen molar-refractivity contribution in [1.82, 2.24) is 20.2 Å². The summed E-state index contributed by atoms with van der Waals surface area (Å²) >= 11 is 5.89. The van der Waals surface area contributed by atoms with Crippen molar-refractivity contribution in [3.05, 3.63) is 51.9 Å². The molecule has 0 aliphatic rings. The predicted molar refractivity (Wildman–Crippen MR) is 111 cm³/mol. The standard InChI is InChI=1S/C20H18ClF4N5O3/c1-8-15(7-31)27-14(6-26-8)11-5-16(33-10(3)20(23,24)25)12(4-13(11)22)19(32)28-17-9(2)29-30-18(17)21/h4-6,10,31H,7H2,1-3H3,(H,28,32)(H,29,30). The number of nitrogens with one attached hydrogen (secondary N) is 2. The normalized spacial score (nSPS) is 12.5. The molecule has 2 heterocycles. The molecule has 1 amide bonds. The zero-order chi connectivity index (χ0) is 24.5. The number of aliphatic hydroxyl groups excluding tert-OH is 1. The van der Waals surface area contributed by atoms with E-state index < -0.39 is 41.9 Å². The zero-order valence-electron chi connectivity index (χ0n) is 17.5. The van der Waals surface area contributed by atoms with E-state index >= 15 is 0 Å². The Balaban J connectivity index is 2.10. The molecule has 3 aromatic rings. The number of ether oxygens (including phenoxy) is 1. The van der Waals surface area contributed by atoms with Crippen molar-refractivity contribution >= 4 is 23.2 Å². The summed E-state index contributed by atoms with van der Waals surface area (Å²) in [7, 11) is 0. The van der Waals surface area contributed by atoms with Gasteiger partial charge in [0.15, 0.2) is 11.3 Å². The fourth-order valence-electron chi connectivity index (χ4n) is 2.77. The first-order valence-corrected chi connectivity index (χ1v) is 9.82. The van der Waals surface area contributed by atoms with Gasteiger partial charge in [-0.2, -0.15) is 18.3 Å². The number of nitrogens with zero attached hydrogens (tertiary/aromatic N) is 3. The maximum absolute atomic E-state index is 15.0. The summed E-state index contributed by atoms with van der Waals surface area (Å²) in [5.74, 6) is -2.48. The van der Waals surface area contributed by atoms with Gasteiger partial charge in [-0.25, -0.2) is 9.37 Å². The Morgan fingerprint density at radius 3 is 2.61 bits per heavy atom. The molecule has 33 heavy (non-hydrogen) atoms. The second kappa shape index (κ2) is 9.32. The van der Waals surface area contributed by atoms with Crippen molar-refractivity contribution in [2.75, 3.05) is 5.32 Å². The van der Waals surface area contributed by atoms with Gasteiger partial charge in [-0.05, 0) is 32.9 Å². The zero-order valence-corrected chi connectivity index (χ0v) is 18.3. The van der Waals surface area contributed by atoms with E-state index in [0.29, 0.717) is 11.4 Å². The third kappa shape index (κ3) is 5.22. The summed E-state index contributed by atoms with van der Waals surface area (Å²) in [4.78, 5) is 20.9. The minimum Gasteiger partial charge on any atom is -0.480 e. The maximum atomic E-state index is 15.0. The van der Waals surface area contributed by atoms with E-state index in [9.17, 15) is 27.5 Å². The topological polar surface area (TPSA) is 113 Å². The molecule has 3 rings (SSSR count). The number of carbonyl (C=O) groups is 1. The van der Waals surface area contributed by atoms with Crippen LogP contribution in [0.5, 0.6) is 5.75 Å². The molecule has 0 aliphatic carbocycles. The largest absolute Gasteiger partial charge is 0.480 e. The van der Waals surface area contributed by atoms with E-state index in [1.807, 2.05) is 0 Å². The number of H-pyrrole nitrogens is 1. The molecule has 176 valence electrons. The minimum atomic E-state index is -4.75. The van der Waals surface area contributed by atoms with Crippen LogP contribution in [0.25, 0.3) is 11.3 Å². The minimum absolute atomic E-state index is 0.0626. The fraction of sp³-hybridized carbons (Fsp3) is 0.300. The number of carbonyl (C=O) groups excluding carboxylic acids is 1. The number of halogens is 5. The van der Waals surface area contributed by atoms with E-state index in [-0.39, 0.29) is 27.8 Å². The lowest BCUT2D eigenvalue weighted by atomic mass is 10.1. The first kappa shape index (κ1) is 24.4. The summed E-state index contributed by atoms with van der Waals surface area (Å²) in [6, 6.07) is 1.66. The molecule has 0 saturated heterocycles. The molecule has 2 aromatic heterocycles. The van der Waals surface area contributed by atoms with Crippen LogP contribution in [0.4, 0.5) is 23.2 Å². The third-order valence-corrected chi connectivity index (χ3v) is 4.97. The van der Waals surface area contributed by atoms with E-state index in [4.69, 9.17) is 16.3 Å². The number of benzene rings is 1. The van der Waals surface area contributed by atoms with Crippen LogP contribution in [-0.2, 0) is 6.61 Å². The number of aromatic amines is 1. The smallest absolute Gasteiger partial charge is 0.425 e. The molecule has 0 fully saturated rings. The van der Waals surface area contributed by atoms with Gasteiger partial charge in [0.1, 0.15) is 17.3 Å². The number of rotatable bonds is 6. The Hall–Kier alpha value is -3.25. The lowest BCUT2D eigenvalue weighted by Gasteiger charge is -2.20. The van der Waals surface area contributed by atoms with Crippen molar-refractivity contribution in [2.45, 2.75) is 39.7 Å². The van der Waals surface area contributed by atoms with Crippen LogP contribution in [0.1, 0.15) is 34.4 Å². The number of anilines is 1. The Labute approximate surface area is 190 Å². The van der Waals surface area contributed by atoms with Gasteiger partial charge in [-0.15, -0.1) is 0 Å². The molecule has 3 N–H and O–H groups in total. The molecule has 0 radical (unpaired) electrons. The summed E-state index contributed by atoms with van der Waals surface area (Å²) < 4.78 is 59.4. The third-order valence-electron chi connectivity index (χ3n) is 4.70. The molecule has 0 spiro atoms. The monoisotopic (exact) mass is 487 g/mol. The van der Waals surface area contributed by atoms with E-state index in [2.05, 4.69) is 25.5 Å². The number of alkyl halides is 3. The molecule has 8 nitrogen and oxygen atoms in total. The first-order chi connectivity index (χ1) is 15.4. The van der Waals surface area contributed by atoms with Crippen LogP contribution in [0, 0.1) is 19.7 Å². The highest BCUT2D eigenvalue weighted by molar-refractivity contribution is 6.33. The molecule has 0 aliphatic heterocycles. The van der Waals surface area contributed by atoms with Crippen LogP contribution < -0.4 is 10.1 Å². The van der Waals surface area contributed by atoms with E-state index in [1.54, 1.807) is 13.8 Å². The SMILES string of the molecule is Cc1ncc(-c2cc(OC(C)C(F)(F)F)c(C(=O)Nc3c(Cl)n[nH]c3C)cc2F)nc1CO. The fourth-order valence-corrected chi connectivity index (χ4v) is 3.01. The number of aryl methyl sites for hydroxylation is 2. The lowest BCUT2D eigenvalue weighted by Crippen LogP contribution is -2.32. The van der Waals surface area contributed by atoms with Crippen LogP contribution >= 0.6 is 11.6 Å². The maximum Gasteiger partial charge on any atom is 0.425 e. The average molecular weight is 488 g/mol. The van der Waals surface area contributed by atoms with Crippen LogP contribution in [0.3, 0.4) is 0 Å². The van der Waals surface area contributed by atoms with Crippen molar-refractivity contribution in [2.24, 2.45) is 0 Å². The predicted octanol–water partition coefficient (Wildman–Crippen LogP) is 4.35. The highest BCUT2D eigenvalue weighted by atomic mass is 35.5. The molecule has 0 saturated carbocycles. The highest BCUT2D eigenvalue weighted by Crippen LogP contribution is 2.34. The lowest BCUT2D eigenvalue weighted by molar-refractivity contribution is -0.189. The second-order valence-corrected chi connectivity index (χ2v) is 7.40. The molecule has 1 aromatic carbocycles. The molecular weight excluding hydrogens is 470 g/mol. The van der Waals surface area contributed by atoms with Crippen molar-refractivity contribution < 1.29 is 32.2 Å². The van der Waals surface area contributed by atoms with Gasteiger partial charge in [0.25, 0.3) is 5.91 Å². The Morgan fingerprint density at radius 2 is 2.03 bits per heavy atom. The van der Waals surface area contributed by atoms with E-state index in [0.717, 1.165) is 19.1 Å². The van der Waals surface area contributed by atoms with Gasteiger partial charge in [-0.3, -0.25) is 14.9 Å². The number of hydrogen-bond donors (Lipinski definition) is 3. The van der Waals surface area contributed by atoms with Crippen molar-refractivity contribution in [3.63, 3.8) is 0 Å². The van der Waals surface area contributed by atoms with Gasteiger partial charge in [0.2, 0.25) is 0 Å². The van der Waals surface area contributed by atoms with Crippen LogP contribution in [0.15, 0.2) is 18.3 Å². The quantitative estimate of drug-likeness (QED) is 0.445. The molecule has 1 unspecified atom stereocenters. The van der Waals surface area contributed by atoms with Gasteiger partial charge in [0.05, 0.1) is 41.1 Å². The van der Waals surface area contributed by atoms with Crippen LogP contribution in [0.2, 0.25) is 5.15 Å². The number of hydrogen-bond acceptors (Lipinski definition) is 6. The summed E-state index contributed by atoms with van der Waals surface area (Å²) in [5.41, 5.74) is 0.174. The summed E-state index contributed by atoms with van der Waals surface area (Å²) in [6.45, 7) is 3.40. The summed E-state index contributed by atoms with van der Waals surface area (Å²) in [6.07, 6.45) is -5.86. The Bertz CT molecular complexity index is 1180. The van der Waals surface area contributed by atoms with Crippen molar-refractivity contribution in [3.8, 4) is 17.0 Å². The molecule has 13 heteroatoms.